The number of hydrogen-bond acceptors (Lipinski definition) is 4. The second kappa shape index (κ2) is 7.40. The van der Waals surface area contributed by atoms with E-state index in [0.717, 1.165) is 17.7 Å². The third-order valence-electron chi connectivity index (χ3n) is 4.95. The van der Waals surface area contributed by atoms with Crippen molar-refractivity contribution in [2.75, 3.05) is 25.0 Å². The molecule has 1 aliphatic heterocycles. The highest BCUT2D eigenvalue weighted by Gasteiger charge is 2.28. The van der Waals surface area contributed by atoms with Crippen LogP contribution in [0.25, 0.3) is 0 Å². The number of carbonyl (C=O) groups excluding carboxylic acids is 1. The van der Waals surface area contributed by atoms with Crippen molar-refractivity contribution in [3.05, 3.63) is 69.3 Å². The van der Waals surface area contributed by atoms with Gasteiger partial charge in [-0.2, -0.15) is 0 Å². The first-order valence-corrected chi connectivity index (χ1v) is 8.51. The van der Waals surface area contributed by atoms with Gasteiger partial charge in [0.15, 0.2) is 11.6 Å². The second-order valence-corrected chi connectivity index (χ2v) is 6.63. The van der Waals surface area contributed by atoms with E-state index in [2.05, 4.69) is 0 Å². The topological polar surface area (TPSA) is 66.7 Å². The van der Waals surface area contributed by atoms with E-state index in [4.69, 9.17) is 0 Å². The summed E-state index contributed by atoms with van der Waals surface area (Å²) in [7, 11) is 1.72. The number of fused-ring (bicyclic) bond motifs is 1. The number of halogens is 2. The lowest BCUT2D eigenvalue weighted by Gasteiger charge is -2.27. The molecule has 0 aliphatic carbocycles. The minimum absolute atomic E-state index is 0.0439. The van der Waals surface area contributed by atoms with Gasteiger partial charge in [0.25, 0.3) is 5.69 Å². The van der Waals surface area contributed by atoms with Gasteiger partial charge in [-0.25, -0.2) is 8.78 Å². The highest BCUT2D eigenvalue weighted by Crippen LogP contribution is 2.32. The van der Waals surface area contributed by atoms with Crippen LogP contribution >= 0.6 is 0 Å². The van der Waals surface area contributed by atoms with Crippen LogP contribution in [0.1, 0.15) is 24.1 Å². The molecule has 0 saturated carbocycles. The molecule has 142 valence electrons. The Morgan fingerprint density at radius 3 is 2.67 bits per heavy atom. The van der Waals surface area contributed by atoms with E-state index in [1.54, 1.807) is 24.9 Å². The zero-order chi connectivity index (χ0) is 19.7. The average Bonchev–Trinajstić information content (AvgIpc) is 3.06. The van der Waals surface area contributed by atoms with Crippen LogP contribution in [0.3, 0.4) is 0 Å². The summed E-state index contributed by atoms with van der Waals surface area (Å²) < 4.78 is 26.6. The Morgan fingerprint density at radius 2 is 2.00 bits per heavy atom. The number of benzene rings is 2. The highest BCUT2D eigenvalue weighted by molar-refractivity contribution is 5.97. The first-order chi connectivity index (χ1) is 12.8. The van der Waals surface area contributed by atoms with Crippen molar-refractivity contribution in [2.24, 2.45) is 0 Å². The normalized spacial score (nSPS) is 14.3. The molecule has 2 aromatic rings. The molecule has 2 aromatic carbocycles. The Labute approximate surface area is 155 Å². The molecule has 1 unspecified atom stereocenters. The number of amides is 1. The van der Waals surface area contributed by atoms with Crippen LogP contribution < -0.4 is 4.90 Å². The van der Waals surface area contributed by atoms with Crippen molar-refractivity contribution in [2.45, 2.75) is 19.4 Å². The van der Waals surface area contributed by atoms with Crippen LogP contribution in [-0.4, -0.2) is 35.9 Å². The fraction of sp³-hybridized carbons (Fsp3) is 0.316. The SMILES string of the molecule is CC(c1ccc(F)c(F)c1)N(C)CC(=O)N1CCc2ccc([N+](=O)[O-])cc21. The largest absolute Gasteiger partial charge is 0.310 e. The summed E-state index contributed by atoms with van der Waals surface area (Å²) in [5.41, 5.74) is 1.95. The molecule has 1 aliphatic rings. The monoisotopic (exact) mass is 375 g/mol. The number of non-ortho nitro benzene ring substituents is 1. The molecule has 0 N–H and O–H groups in total. The molecule has 1 atom stereocenters. The average molecular weight is 375 g/mol. The van der Waals surface area contributed by atoms with Gasteiger partial charge in [-0.15, -0.1) is 0 Å². The van der Waals surface area contributed by atoms with Gasteiger partial charge in [0.1, 0.15) is 0 Å². The predicted molar refractivity (Wildman–Crippen MR) is 96.6 cm³/mol. The molecule has 0 spiro atoms. The van der Waals surface area contributed by atoms with Crippen LogP contribution in [0, 0.1) is 21.7 Å². The summed E-state index contributed by atoms with van der Waals surface area (Å²) in [5, 5.41) is 11.0. The molecule has 27 heavy (non-hydrogen) atoms. The number of anilines is 1. The van der Waals surface area contributed by atoms with Crippen LogP contribution in [0.15, 0.2) is 36.4 Å². The minimum atomic E-state index is -0.931. The molecular weight excluding hydrogens is 356 g/mol. The van der Waals surface area contributed by atoms with Gasteiger partial charge >= 0.3 is 0 Å². The Bertz CT molecular complexity index is 904. The molecule has 0 aromatic heterocycles. The molecule has 0 bridgehead atoms. The van der Waals surface area contributed by atoms with Crippen LogP contribution in [0.4, 0.5) is 20.2 Å². The lowest BCUT2D eigenvalue weighted by molar-refractivity contribution is -0.384. The van der Waals surface area contributed by atoms with Gasteiger partial charge in [0, 0.05) is 24.7 Å². The van der Waals surface area contributed by atoms with Gasteiger partial charge in [-0.05, 0) is 43.7 Å². The van der Waals surface area contributed by atoms with E-state index in [-0.39, 0.29) is 24.2 Å². The van der Waals surface area contributed by atoms with Crippen molar-refractivity contribution in [1.82, 2.24) is 4.90 Å². The maximum absolute atomic E-state index is 13.5. The third-order valence-corrected chi connectivity index (χ3v) is 4.95. The lowest BCUT2D eigenvalue weighted by Crippen LogP contribution is -2.39. The number of likely N-dealkylation sites (N-methyl/N-ethyl adjacent to an activating group) is 1. The summed E-state index contributed by atoms with van der Waals surface area (Å²) in [5.74, 6) is -2.05. The summed E-state index contributed by atoms with van der Waals surface area (Å²) in [6, 6.07) is 7.88. The molecule has 0 saturated heterocycles. The molecule has 8 heteroatoms. The van der Waals surface area contributed by atoms with Crippen LogP contribution in [0.5, 0.6) is 0 Å². The number of rotatable bonds is 5. The molecule has 1 amide bonds. The molecule has 3 rings (SSSR count). The van der Waals surface area contributed by atoms with Crippen molar-refractivity contribution < 1.29 is 18.5 Å². The smallest absolute Gasteiger partial charge is 0.271 e. The quantitative estimate of drug-likeness (QED) is 0.593. The number of carbonyl (C=O) groups is 1. The third kappa shape index (κ3) is 3.80. The summed E-state index contributed by atoms with van der Waals surface area (Å²) in [6.45, 7) is 2.30. The zero-order valence-corrected chi connectivity index (χ0v) is 15.0. The minimum Gasteiger partial charge on any atom is -0.310 e. The summed E-state index contributed by atoms with van der Waals surface area (Å²) in [6.07, 6.45) is 0.640. The van der Waals surface area contributed by atoms with E-state index < -0.39 is 16.6 Å². The highest BCUT2D eigenvalue weighted by atomic mass is 19.2. The van der Waals surface area contributed by atoms with Gasteiger partial charge in [0.2, 0.25) is 5.91 Å². The molecular formula is C19H19F2N3O3. The zero-order valence-electron chi connectivity index (χ0n) is 15.0. The molecule has 0 radical (unpaired) electrons. The van der Waals surface area contributed by atoms with E-state index in [1.807, 2.05) is 0 Å². The fourth-order valence-corrected chi connectivity index (χ4v) is 3.20. The van der Waals surface area contributed by atoms with Crippen molar-refractivity contribution in [3.8, 4) is 0 Å². The second-order valence-electron chi connectivity index (χ2n) is 6.63. The summed E-state index contributed by atoms with van der Waals surface area (Å²) in [4.78, 5) is 26.5. The van der Waals surface area contributed by atoms with Crippen molar-refractivity contribution in [3.63, 3.8) is 0 Å². The number of nitrogens with zero attached hydrogens (tertiary/aromatic N) is 3. The van der Waals surface area contributed by atoms with Crippen LogP contribution in [0.2, 0.25) is 0 Å². The van der Waals surface area contributed by atoms with E-state index in [9.17, 15) is 23.7 Å². The Morgan fingerprint density at radius 1 is 1.26 bits per heavy atom. The maximum Gasteiger partial charge on any atom is 0.271 e. The van der Waals surface area contributed by atoms with Gasteiger partial charge in [-0.3, -0.25) is 19.8 Å². The first-order valence-electron chi connectivity index (χ1n) is 8.51. The number of nitro groups is 1. The summed E-state index contributed by atoms with van der Waals surface area (Å²) >= 11 is 0. The predicted octanol–water partition coefficient (Wildman–Crippen LogP) is 3.46. The molecule has 6 nitrogen and oxygen atoms in total. The number of nitro benzene ring substituents is 1. The van der Waals surface area contributed by atoms with Crippen molar-refractivity contribution in [1.29, 1.82) is 0 Å². The van der Waals surface area contributed by atoms with Crippen LogP contribution in [-0.2, 0) is 11.2 Å². The van der Waals surface area contributed by atoms with E-state index in [1.165, 1.54) is 23.1 Å². The Kier molecular flexibility index (Phi) is 5.18. The maximum atomic E-state index is 13.5. The van der Waals surface area contributed by atoms with Crippen molar-refractivity contribution >= 4 is 17.3 Å². The van der Waals surface area contributed by atoms with E-state index >= 15 is 0 Å². The Balaban J connectivity index is 1.73. The van der Waals surface area contributed by atoms with E-state index in [0.29, 0.717) is 24.2 Å². The van der Waals surface area contributed by atoms with Gasteiger partial charge < -0.3 is 4.90 Å². The first kappa shape index (κ1) is 18.9. The molecule has 0 fully saturated rings. The Hall–Kier alpha value is -2.87. The number of hydrogen-bond donors (Lipinski definition) is 0. The van der Waals surface area contributed by atoms with Gasteiger partial charge in [-0.1, -0.05) is 12.1 Å². The van der Waals surface area contributed by atoms with Gasteiger partial charge in [0.05, 0.1) is 17.2 Å². The standard InChI is InChI=1S/C19H19F2N3O3/c1-12(14-4-6-16(20)17(21)9-14)22(2)11-19(25)23-8-7-13-3-5-15(24(26)27)10-18(13)23/h3-6,9-10,12H,7-8,11H2,1-2H3. The molecule has 1 heterocycles. The lowest BCUT2D eigenvalue weighted by atomic mass is 10.1. The fourth-order valence-electron chi connectivity index (χ4n) is 3.20.